The average Bonchev–Trinajstić information content (AvgIpc) is 2.92. The van der Waals surface area contributed by atoms with Gasteiger partial charge in [0.25, 0.3) is 0 Å². The Hall–Kier alpha value is -4.07. The van der Waals surface area contributed by atoms with E-state index in [1.807, 2.05) is 74.4 Å². The number of hydrogen-bond donors (Lipinski definition) is 1. The molecule has 2 aromatic rings. The quantitative estimate of drug-likeness (QED) is 0.393. The number of benzene rings is 2. The summed E-state index contributed by atoms with van der Waals surface area (Å²) in [7, 11) is 5.48. The highest BCUT2D eigenvalue weighted by Crippen LogP contribution is 2.48. The minimum absolute atomic E-state index is 0.157. The number of Topliss-reactive ketones (excluding diaryl/α,β-unsaturated/α-hetero) is 1. The van der Waals surface area contributed by atoms with Crippen LogP contribution in [0.4, 0.5) is 5.69 Å². The molecule has 0 bridgehead atoms. The fourth-order valence-corrected chi connectivity index (χ4v) is 5.48. The third-order valence-corrected chi connectivity index (χ3v) is 7.34. The second-order valence-corrected chi connectivity index (χ2v) is 9.87. The Bertz CT molecular complexity index is 1310. The number of rotatable bonds is 8. The number of ketones is 1. The Morgan fingerprint density at radius 2 is 1.56 bits per heavy atom. The molecule has 8 heteroatoms. The van der Waals surface area contributed by atoms with Gasteiger partial charge in [0.1, 0.15) is 11.7 Å². The number of carbonyl (C=O) groups excluding carboxylic acids is 3. The molecule has 1 aliphatic heterocycles. The number of hydrogen-bond acceptors (Lipinski definition) is 8. The molecule has 0 saturated heterocycles. The Morgan fingerprint density at radius 3 is 2.13 bits per heavy atom. The van der Waals surface area contributed by atoms with E-state index >= 15 is 0 Å². The molecule has 0 saturated carbocycles. The lowest BCUT2D eigenvalue weighted by Gasteiger charge is -2.39. The third-order valence-electron chi connectivity index (χ3n) is 7.34. The van der Waals surface area contributed by atoms with Crippen molar-refractivity contribution in [1.29, 1.82) is 0 Å². The van der Waals surface area contributed by atoms with Crippen LogP contribution in [0.5, 0.6) is 5.75 Å². The van der Waals surface area contributed by atoms with Gasteiger partial charge < -0.3 is 24.4 Å². The molecule has 1 aliphatic carbocycles. The van der Waals surface area contributed by atoms with E-state index < -0.39 is 29.7 Å². The summed E-state index contributed by atoms with van der Waals surface area (Å²) in [5, 5.41) is 3.33. The van der Waals surface area contributed by atoms with E-state index in [0.717, 1.165) is 16.8 Å². The van der Waals surface area contributed by atoms with Gasteiger partial charge in [-0.2, -0.15) is 0 Å². The first-order valence-electron chi connectivity index (χ1n) is 13.2. The first kappa shape index (κ1) is 28.0. The van der Waals surface area contributed by atoms with E-state index in [4.69, 9.17) is 14.2 Å². The maximum absolute atomic E-state index is 14.4. The highest BCUT2D eigenvalue weighted by Gasteiger charge is 2.49. The number of esters is 2. The van der Waals surface area contributed by atoms with Crippen LogP contribution in [0, 0.1) is 5.92 Å². The van der Waals surface area contributed by atoms with Crippen molar-refractivity contribution in [3.63, 3.8) is 0 Å². The van der Waals surface area contributed by atoms with Crippen LogP contribution in [-0.2, 0) is 23.9 Å². The van der Waals surface area contributed by atoms with Gasteiger partial charge in [0.05, 0.1) is 25.9 Å². The lowest BCUT2D eigenvalue weighted by Crippen LogP contribution is -2.43. The van der Waals surface area contributed by atoms with Gasteiger partial charge in [-0.05, 0) is 62.6 Å². The molecular weight excluding hydrogens is 496 g/mol. The summed E-state index contributed by atoms with van der Waals surface area (Å²) in [6.07, 6.45) is 0.399. The zero-order valence-corrected chi connectivity index (χ0v) is 23.4. The van der Waals surface area contributed by atoms with Crippen molar-refractivity contribution in [3.8, 4) is 5.75 Å². The second-order valence-electron chi connectivity index (χ2n) is 9.87. The number of dihydropyridines is 1. The van der Waals surface area contributed by atoms with Crippen LogP contribution in [0.2, 0.25) is 0 Å². The summed E-state index contributed by atoms with van der Waals surface area (Å²) in [6, 6.07) is 15.1. The van der Waals surface area contributed by atoms with Crippen molar-refractivity contribution >= 4 is 23.4 Å². The summed E-state index contributed by atoms with van der Waals surface area (Å²) in [5.41, 5.74) is 4.70. The summed E-state index contributed by atoms with van der Waals surface area (Å²) >= 11 is 0. The predicted molar refractivity (Wildman–Crippen MR) is 148 cm³/mol. The number of nitrogens with zero attached hydrogens (tertiary/aromatic N) is 1. The standard InChI is InChI=1S/C31H36N2O6/c1-7-38-30(35)25-18(3)32-24-17-23(19-11-15-22(37-6)16-12-19)27(31(36)39-8-2)29(34)28(24)26(25)20-9-13-21(14-10-20)33(4)5/h9-16,23,26-27,32H,7-8,17H2,1-6H3. The number of methoxy groups -OCH3 is 1. The van der Waals surface area contributed by atoms with Crippen LogP contribution in [0.1, 0.15) is 50.2 Å². The van der Waals surface area contributed by atoms with E-state index in [0.29, 0.717) is 34.7 Å². The van der Waals surface area contributed by atoms with Crippen LogP contribution in [0.15, 0.2) is 71.1 Å². The zero-order valence-electron chi connectivity index (χ0n) is 23.4. The molecule has 2 aliphatic rings. The van der Waals surface area contributed by atoms with Gasteiger partial charge in [-0.3, -0.25) is 9.59 Å². The topological polar surface area (TPSA) is 94.2 Å². The fraction of sp³-hybridized carbons (Fsp3) is 0.387. The molecule has 8 nitrogen and oxygen atoms in total. The number of carbonyl (C=O) groups is 3. The van der Waals surface area contributed by atoms with Crippen LogP contribution >= 0.6 is 0 Å². The van der Waals surface area contributed by atoms with Crippen molar-refractivity contribution in [2.24, 2.45) is 5.92 Å². The van der Waals surface area contributed by atoms with Gasteiger partial charge >= 0.3 is 11.9 Å². The Balaban J connectivity index is 1.88. The minimum Gasteiger partial charge on any atom is -0.497 e. The summed E-state index contributed by atoms with van der Waals surface area (Å²) in [4.78, 5) is 42.9. The average molecular weight is 533 g/mol. The molecule has 0 radical (unpaired) electrons. The van der Waals surface area contributed by atoms with Crippen LogP contribution in [-0.4, -0.2) is 52.1 Å². The molecule has 39 heavy (non-hydrogen) atoms. The van der Waals surface area contributed by atoms with Crippen LogP contribution in [0.25, 0.3) is 0 Å². The smallest absolute Gasteiger partial charge is 0.336 e. The number of ether oxygens (including phenoxy) is 3. The largest absolute Gasteiger partial charge is 0.497 e. The zero-order chi connectivity index (χ0) is 28.3. The van der Waals surface area contributed by atoms with Crippen molar-refractivity contribution in [2.75, 3.05) is 39.3 Å². The fourth-order valence-electron chi connectivity index (χ4n) is 5.48. The molecule has 0 fully saturated rings. The Morgan fingerprint density at radius 1 is 0.949 bits per heavy atom. The van der Waals surface area contributed by atoms with Gasteiger partial charge in [0.15, 0.2) is 5.78 Å². The van der Waals surface area contributed by atoms with Gasteiger partial charge in [-0.15, -0.1) is 0 Å². The van der Waals surface area contributed by atoms with Gasteiger partial charge in [-0.1, -0.05) is 24.3 Å². The molecule has 1 heterocycles. The van der Waals surface area contributed by atoms with Crippen molar-refractivity contribution in [1.82, 2.24) is 5.32 Å². The van der Waals surface area contributed by atoms with E-state index in [9.17, 15) is 14.4 Å². The number of allylic oxidation sites excluding steroid dienone is 3. The van der Waals surface area contributed by atoms with Crippen molar-refractivity contribution in [2.45, 2.75) is 39.0 Å². The highest BCUT2D eigenvalue weighted by atomic mass is 16.5. The van der Waals surface area contributed by atoms with E-state index in [1.165, 1.54) is 0 Å². The van der Waals surface area contributed by atoms with Crippen molar-refractivity contribution in [3.05, 3.63) is 82.2 Å². The molecule has 0 spiro atoms. The lowest BCUT2D eigenvalue weighted by atomic mass is 9.67. The molecule has 206 valence electrons. The SMILES string of the molecule is CCOC(=O)C1=C(C)NC2=C(C(=O)C(C(=O)OCC)C(c3ccc(OC)cc3)C2)C1c1ccc(N(C)C)cc1. The van der Waals surface area contributed by atoms with E-state index in [1.54, 1.807) is 21.0 Å². The van der Waals surface area contributed by atoms with E-state index in [2.05, 4.69) is 5.32 Å². The molecule has 2 aromatic carbocycles. The van der Waals surface area contributed by atoms with Gasteiger partial charge in [0, 0.05) is 48.6 Å². The summed E-state index contributed by atoms with van der Waals surface area (Å²) in [6.45, 7) is 5.65. The van der Waals surface area contributed by atoms with Crippen LogP contribution < -0.4 is 15.0 Å². The third kappa shape index (κ3) is 5.41. The number of nitrogens with one attached hydrogen (secondary N) is 1. The van der Waals surface area contributed by atoms with E-state index in [-0.39, 0.29) is 19.0 Å². The minimum atomic E-state index is -1.05. The molecule has 3 atom stereocenters. The molecule has 0 amide bonds. The molecular formula is C31H36N2O6. The lowest BCUT2D eigenvalue weighted by molar-refractivity contribution is -0.152. The second kappa shape index (κ2) is 11.8. The first-order chi connectivity index (χ1) is 18.7. The van der Waals surface area contributed by atoms with Gasteiger partial charge in [-0.25, -0.2) is 4.79 Å². The summed E-state index contributed by atoms with van der Waals surface area (Å²) in [5.74, 6) is -2.90. The normalized spacial score (nSPS) is 20.7. The molecule has 0 aromatic heterocycles. The summed E-state index contributed by atoms with van der Waals surface area (Å²) < 4.78 is 16.1. The first-order valence-corrected chi connectivity index (χ1v) is 13.2. The molecule has 1 N–H and O–H groups in total. The molecule has 3 unspecified atom stereocenters. The Kier molecular flexibility index (Phi) is 8.43. The predicted octanol–water partition coefficient (Wildman–Crippen LogP) is 4.48. The maximum Gasteiger partial charge on any atom is 0.336 e. The highest BCUT2D eigenvalue weighted by molar-refractivity contribution is 6.13. The van der Waals surface area contributed by atoms with Gasteiger partial charge in [0.2, 0.25) is 0 Å². The van der Waals surface area contributed by atoms with Crippen LogP contribution in [0.3, 0.4) is 0 Å². The van der Waals surface area contributed by atoms with Crippen molar-refractivity contribution < 1.29 is 28.6 Å². The monoisotopic (exact) mass is 532 g/mol. The Labute approximate surface area is 229 Å². The maximum atomic E-state index is 14.4. The molecule has 4 rings (SSSR count). The number of anilines is 1.